The van der Waals surface area contributed by atoms with Crippen molar-refractivity contribution in [1.82, 2.24) is 0 Å². The maximum Gasteiger partial charge on any atom is 0.303 e. The SMILES string of the molecule is CC(=O)O[C@H]1C[C@H]2C(C)(C)CCC[C@]2(C)[C@@]2(CC[C@H](C)O2)[C@@]1(C)O. The van der Waals surface area contributed by atoms with Gasteiger partial charge < -0.3 is 14.6 Å². The minimum absolute atomic E-state index is 0.0976. The molecule has 3 rings (SSSR count). The first-order valence-corrected chi connectivity index (χ1v) is 9.54. The Labute approximate surface area is 146 Å². The van der Waals surface area contributed by atoms with Gasteiger partial charge in [-0.1, -0.05) is 27.2 Å². The van der Waals surface area contributed by atoms with Gasteiger partial charge in [-0.25, -0.2) is 0 Å². The van der Waals surface area contributed by atoms with Gasteiger partial charge in [0.05, 0.1) is 6.10 Å². The first-order valence-electron chi connectivity index (χ1n) is 9.54. The summed E-state index contributed by atoms with van der Waals surface area (Å²) in [4.78, 5) is 11.7. The third kappa shape index (κ3) is 2.28. The topological polar surface area (TPSA) is 55.8 Å². The lowest BCUT2D eigenvalue weighted by atomic mass is 9.42. The van der Waals surface area contributed by atoms with Crippen molar-refractivity contribution in [2.24, 2.45) is 16.7 Å². The summed E-state index contributed by atoms with van der Waals surface area (Å²) in [6, 6.07) is 0. The molecular formula is C20H34O4. The zero-order chi connectivity index (χ0) is 18.0. The third-order valence-corrected chi connectivity index (χ3v) is 7.66. The van der Waals surface area contributed by atoms with E-state index in [1.54, 1.807) is 0 Å². The molecule has 1 spiro atoms. The van der Waals surface area contributed by atoms with Crippen LogP contribution in [0.25, 0.3) is 0 Å². The first-order chi connectivity index (χ1) is 11.0. The van der Waals surface area contributed by atoms with Gasteiger partial charge in [-0.05, 0) is 57.3 Å². The van der Waals surface area contributed by atoms with Crippen molar-refractivity contribution in [3.8, 4) is 0 Å². The number of hydrogen-bond donors (Lipinski definition) is 1. The van der Waals surface area contributed by atoms with Gasteiger partial charge >= 0.3 is 5.97 Å². The molecule has 138 valence electrons. The summed E-state index contributed by atoms with van der Waals surface area (Å²) < 4.78 is 12.2. The van der Waals surface area contributed by atoms with Crippen LogP contribution in [0.3, 0.4) is 0 Å². The largest absolute Gasteiger partial charge is 0.459 e. The van der Waals surface area contributed by atoms with Crippen LogP contribution in [0.1, 0.15) is 80.1 Å². The molecule has 6 atom stereocenters. The Hall–Kier alpha value is -0.610. The minimum Gasteiger partial charge on any atom is -0.459 e. The Morgan fingerprint density at radius 2 is 1.83 bits per heavy atom. The summed E-state index contributed by atoms with van der Waals surface area (Å²) in [5.41, 5.74) is -1.74. The molecule has 0 unspecified atom stereocenters. The van der Waals surface area contributed by atoms with Crippen molar-refractivity contribution in [3.05, 3.63) is 0 Å². The van der Waals surface area contributed by atoms with Gasteiger partial charge in [-0.15, -0.1) is 0 Å². The molecule has 3 fully saturated rings. The number of carbonyl (C=O) groups excluding carboxylic acids is 1. The van der Waals surface area contributed by atoms with E-state index >= 15 is 0 Å². The highest BCUT2D eigenvalue weighted by Gasteiger charge is 2.72. The van der Waals surface area contributed by atoms with Crippen LogP contribution in [-0.4, -0.2) is 34.5 Å². The fourth-order valence-corrected chi connectivity index (χ4v) is 6.49. The Kier molecular flexibility index (Phi) is 4.12. The molecule has 3 aliphatic rings. The molecule has 0 aromatic carbocycles. The molecule has 1 heterocycles. The first kappa shape index (κ1) is 18.2. The van der Waals surface area contributed by atoms with E-state index in [1.807, 2.05) is 6.92 Å². The molecule has 0 radical (unpaired) electrons. The predicted octanol–water partition coefficient (Wildman–Crippen LogP) is 3.84. The number of esters is 1. The van der Waals surface area contributed by atoms with E-state index in [4.69, 9.17) is 9.47 Å². The summed E-state index contributed by atoms with van der Waals surface area (Å²) in [5.74, 6) is 0.0484. The van der Waals surface area contributed by atoms with E-state index in [-0.39, 0.29) is 22.9 Å². The van der Waals surface area contributed by atoms with Gasteiger partial charge in [0, 0.05) is 12.3 Å². The fraction of sp³-hybridized carbons (Fsp3) is 0.950. The highest BCUT2D eigenvalue weighted by Crippen LogP contribution is 2.67. The van der Waals surface area contributed by atoms with Crippen LogP contribution in [-0.2, 0) is 14.3 Å². The normalized spacial score (nSPS) is 50.5. The quantitative estimate of drug-likeness (QED) is 0.738. The molecule has 4 heteroatoms. The summed E-state index contributed by atoms with van der Waals surface area (Å²) >= 11 is 0. The molecule has 1 aliphatic heterocycles. The van der Waals surface area contributed by atoms with Gasteiger partial charge in [-0.2, -0.15) is 0 Å². The highest BCUT2D eigenvalue weighted by atomic mass is 16.6. The Morgan fingerprint density at radius 1 is 1.17 bits per heavy atom. The number of carbonyl (C=O) groups is 1. The van der Waals surface area contributed by atoms with Crippen LogP contribution in [0, 0.1) is 16.7 Å². The van der Waals surface area contributed by atoms with E-state index in [2.05, 4.69) is 27.7 Å². The highest BCUT2D eigenvalue weighted by molar-refractivity contribution is 5.66. The second-order valence-electron chi connectivity index (χ2n) is 9.59. The van der Waals surface area contributed by atoms with Crippen molar-refractivity contribution < 1.29 is 19.4 Å². The monoisotopic (exact) mass is 338 g/mol. The third-order valence-electron chi connectivity index (χ3n) is 7.66. The number of rotatable bonds is 1. The zero-order valence-corrected chi connectivity index (χ0v) is 16.1. The number of aliphatic hydroxyl groups is 1. The van der Waals surface area contributed by atoms with Crippen LogP contribution in [0.4, 0.5) is 0 Å². The number of hydrogen-bond acceptors (Lipinski definition) is 4. The predicted molar refractivity (Wildman–Crippen MR) is 92.5 cm³/mol. The maximum atomic E-state index is 11.7. The minimum atomic E-state index is -1.16. The summed E-state index contributed by atoms with van der Waals surface area (Å²) in [6.07, 6.45) is 5.53. The van der Waals surface area contributed by atoms with Gasteiger partial charge in [0.1, 0.15) is 17.3 Å². The lowest BCUT2D eigenvalue weighted by Crippen LogP contribution is -2.74. The molecule has 0 aromatic heterocycles. The van der Waals surface area contributed by atoms with Crippen LogP contribution in [0.5, 0.6) is 0 Å². The van der Waals surface area contributed by atoms with Crippen LogP contribution in [0.2, 0.25) is 0 Å². The van der Waals surface area contributed by atoms with Crippen molar-refractivity contribution >= 4 is 5.97 Å². The molecule has 24 heavy (non-hydrogen) atoms. The van der Waals surface area contributed by atoms with Gasteiger partial charge in [-0.3, -0.25) is 4.79 Å². The number of ether oxygens (including phenoxy) is 2. The van der Waals surface area contributed by atoms with Gasteiger partial charge in [0.15, 0.2) is 0 Å². The molecular weight excluding hydrogens is 304 g/mol. The van der Waals surface area contributed by atoms with Crippen LogP contribution in [0.15, 0.2) is 0 Å². The van der Waals surface area contributed by atoms with E-state index in [0.29, 0.717) is 5.92 Å². The fourth-order valence-electron chi connectivity index (χ4n) is 6.49. The number of fused-ring (bicyclic) bond motifs is 2. The average Bonchev–Trinajstić information content (AvgIpc) is 2.84. The lowest BCUT2D eigenvalue weighted by Gasteiger charge is -2.67. The van der Waals surface area contributed by atoms with Crippen molar-refractivity contribution in [3.63, 3.8) is 0 Å². The lowest BCUT2D eigenvalue weighted by molar-refractivity contribution is -0.313. The summed E-state index contributed by atoms with van der Waals surface area (Å²) in [6.45, 7) is 12.3. The van der Waals surface area contributed by atoms with Gasteiger partial charge in [0.2, 0.25) is 0 Å². The molecule has 4 nitrogen and oxygen atoms in total. The zero-order valence-electron chi connectivity index (χ0n) is 16.1. The Balaban J connectivity index is 2.12. The molecule has 0 bridgehead atoms. The van der Waals surface area contributed by atoms with E-state index in [0.717, 1.165) is 32.1 Å². The second kappa shape index (κ2) is 5.44. The Morgan fingerprint density at radius 3 is 2.38 bits per heavy atom. The summed E-state index contributed by atoms with van der Waals surface area (Å²) in [5, 5.41) is 11.6. The standard InChI is InChI=1S/C20H34O4/c1-13-8-11-20(24-13)18(5)10-7-9-17(3,4)15(18)12-16(19(20,6)22)23-14(2)21/h13,15-16,22H,7-12H2,1-6H3/t13-,15-,16-,18-,19-,20-/m0/s1. The average molecular weight is 338 g/mol. The van der Waals surface area contributed by atoms with E-state index in [1.165, 1.54) is 13.3 Å². The van der Waals surface area contributed by atoms with Crippen LogP contribution < -0.4 is 0 Å². The maximum absolute atomic E-state index is 11.7. The molecule has 0 amide bonds. The molecule has 0 aromatic rings. The van der Waals surface area contributed by atoms with Crippen LogP contribution >= 0.6 is 0 Å². The molecule has 1 saturated heterocycles. The van der Waals surface area contributed by atoms with Crippen molar-refractivity contribution in [2.75, 3.05) is 0 Å². The second-order valence-corrected chi connectivity index (χ2v) is 9.59. The smallest absolute Gasteiger partial charge is 0.303 e. The van der Waals surface area contributed by atoms with E-state index < -0.39 is 17.3 Å². The molecule has 2 aliphatic carbocycles. The van der Waals surface area contributed by atoms with Crippen molar-refractivity contribution in [1.29, 1.82) is 0 Å². The van der Waals surface area contributed by atoms with E-state index in [9.17, 15) is 9.90 Å². The molecule has 1 N–H and O–H groups in total. The van der Waals surface area contributed by atoms with Crippen molar-refractivity contribution in [2.45, 2.75) is 103 Å². The van der Waals surface area contributed by atoms with Gasteiger partial charge in [0.25, 0.3) is 0 Å². The summed E-state index contributed by atoms with van der Waals surface area (Å²) in [7, 11) is 0. The molecule has 2 saturated carbocycles. The Bertz CT molecular complexity index is 526.